The summed E-state index contributed by atoms with van der Waals surface area (Å²) in [5.41, 5.74) is -0.487. The van der Waals surface area contributed by atoms with Crippen molar-refractivity contribution in [2.24, 2.45) is 17.8 Å². The van der Waals surface area contributed by atoms with Crippen LogP contribution < -0.4 is 10.6 Å². The maximum atomic E-state index is 14.0. The van der Waals surface area contributed by atoms with Crippen molar-refractivity contribution in [2.75, 3.05) is 11.9 Å². The van der Waals surface area contributed by atoms with E-state index >= 15 is 0 Å². The number of amides is 3. The molecule has 144 valence electrons. The van der Waals surface area contributed by atoms with Crippen LogP contribution in [0.4, 0.5) is 10.1 Å². The van der Waals surface area contributed by atoms with Crippen molar-refractivity contribution in [1.29, 1.82) is 0 Å². The zero-order chi connectivity index (χ0) is 19.5. The van der Waals surface area contributed by atoms with Gasteiger partial charge in [0.25, 0.3) is 0 Å². The smallest absolute Gasteiger partial charge is 0.250 e. The van der Waals surface area contributed by atoms with Crippen LogP contribution >= 0.6 is 0 Å². The molecular weight excluding hydrogens is 349 g/mol. The van der Waals surface area contributed by atoms with Crippen LogP contribution in [0.2, 0.25) is 0 Å². The number of imide groups is 1. The standard InChI is InChI=1S/C20H24FN3O3/c1-4-5-8-24-17(25)14-15(18(24)26)20(23-16(14)10(2)3)12-9-11(21)6-7-13(12)22-19(20)27/h6-7,9-10,14-16,23H,4-5,8H2,1-3H3,(H,22,27). The maximum Gasteiger partial charge on any atom is 0.250 e. The molecule has 0 bridgehead atoms. The van der Waals surface area contributed by atoms with E-state index in [9.17, 15) is 18.8 Å². The lowest BCUT2D eigenvalue weighted by Gasteiger charge is -2.30. The first kappa shape index (κ1) is 18.1. The molecule has 27 heavy (non-hydrogen) atoms. The minimum absolute atomic E-state index is 0.0326. The Balaban J connectivity index is 1.86. The Morgan fingerprint density at radius 1 is 1.22 bits per heavy atom. The van der Waals surface area contributed by atoms with E-state index in [1.807, 2.05) is 20.8 Å². The number of fused-ring (bicyclic) bond motifs is 4. The molecule has 3 aliphatic heterocycles. The first-order chi connectivity index (χ1) is 12.8. The molecule has 0 saturated carbocycles. The number of benzene rings is 1. The van der Waals surface area contributed by atoms with Gasteiger partial charge in [0, 0.05) is 23.8 Å². The van der Waals surface area contributed by atoms with E-state index in [4.69, 9.17) is 0 Å². The fourth-order valence-corrected chi connectivity index (χ4v) is 4.88. The quantitative estimate of drug-likeness (QED) is 0.792. The van der Waals surface area contributed by atoms with Gasteiger partial charge in [-0.25, -0.2) is 4.39 Å². The highest BCUT2D eigenvalue weighted by atomic mass is 19.1. The topological polar surface area (TPSA) is 78.5 Å². The van der Waals surface area contributed by atoms with Gasteiger partial charge in [0.05, 0.1) is 11.8 Å². The Morgan fingerprint density at radius 3 is 2.63 bits per heavy atom. The Bertz CT molecular complexity index is 840. The molecule has 0 aliphatic carbocycles. The fraction of sp³-hybridized carbons (Fsp3) is 0.550. The predicted octanol–water partition coefficient (Wildman–Crippen LogP) is 2.00. The Hall–Kier alpha value is -2.28. The van der Waals surface area contributed by atoms with Gasteiger partial charge in [-0.3, -0.25) is 24.6 Å². The number of nitrogens with zero attached hydrogens (tertiary/aromatic N) is 1. The molecule has 2 N–H and O–H groups in total. The second-order valence-corrected chi connectivity index (χ2v) is 8.05. The van der Waals surface area contributed by atoms with Crippen LogP contribution in [0.15, 0.2) is 18.2 Å². The van der Waals surface area contributed by atoms with Crippen LogP contribution in [0.5, 0.6) is 0 Å². The van der Waals surface area contributed by atoms with Crippen molar-refractivity contribution in [2.45, 2.75) is 45.2 Å². The highest BCUT2D eigenvalue weighted by Gasteiger charge is 2.70. The molecule has 6 nitrogen and oxygen atoms in total. The summed E-state index contributed by atoms with van der Waals surface area (Å²) in [6.07, 6.45) is 1.58. The van der Waals surface area contributed by atoms with E-state index < -0.39 is 23.2 Å². The van der Waals surface area contributed by atoms with Crippen LogP contribution in [0, 0.1) is 23.6 Å². The van der Waals surface area contributed by atoms with Gasteiger partial charge >= 0.3 is 0 Å². The molecule has 2 saturated heterocycles. The molecule has 4 atom stereocenters. The maximum absolute atomic E-state index is 14.0. The average molecular weight is 373 g/mol. The second kappa shape index (κ2) is 6.12. The van der Waals surface area contributed by atoms with Gasteiger partial charge in [-0.1, -0.05) is 27.2 Å². The number of likely N-dealkylation sites (tertiary alicyclic amines) is 1. The van der Waals surface area contributed by atoms with Crippen molar-refractivity contribution >= 4 is 23.4 Å². The van der Waals surface area contributed by atoms with Crippen molar-refractivity contribution < 1.29 is 18.8 Å². The molecule has 1 spiro atoms. The summed E-state index contributed by atoms with van der Waals surface area (Å²) in [4.78, 5) is 40.7. The Morgan fingerprint density at radius 2 is 1.96 bits per heavy atom. The largest absolute Gasteiger partial charge is 0.324 e. The number of hydrogen-bond acceptors (Lipinski definition) is 4. The zero-order valence-electron chi connectivity index (χ0n) is 15.7. The number of hydrogen-bond donors (Lipinski definition) is 2. The van der Waals surface area contributed by atoms with Gasteiger partial charge in [-0.05, 0) is 30.5 Å². The SMILES string of the molecule is CCCCN1C(=O)C2C(C(C)C)NC3(C(=O)Nc4ccc(F)cc43)C2C1=O. The Kier molecular flexibility index (Phi) is 4.10. The molecule has 0 radical (unpaired) electrons. The summed E-state index contributed by atoms with van der Waals surface area (Å²) in [5.74, 6) is -2.85. The van der Waals surface area contributed by atoms with Gasteiger partial charge in [0.15, 0.2) is 0 Å². The first-order valence-corrected chi connectivity index (χ1v) is 9.57. The number of nitrogens with one attached hydrogen (secondary N) is 2. The van der Waals surface area contributed by atoms with Crippen molar-refractivity contribution in [3.05, 3.63) is 29.6 Å². The van der Waals surface area contributed by atoms with Crippen LogP contribution in [0.25, 0.3) is 0 Å². The first-order valence-electron chi connectivity index (χ1n) is 9.57. The summed E-state index contributed by atoms with van der Waals surface area (Å²) in [6, 6.07) is 3.75. The van der Waals surface area contributed by atoms with Crippen LogP contribution in [0.1, 0.15) is 39.2 Å². The molecule has 0 aromatic heterocycles. The van der Waals surface area contributed by atoms with Crippen LogP contribution in [-0.4, -0.2) is 35.2 Å². The highest BCUT2D eigenvalue weighted by molar-refractivity contribution is 6.15. The molecule has 3 aliphatic rings. The summed E-state index contributed by atoms with van der Waals surface area (Å²) in [5, 5.41) is 6.06. The van der Waals surface area contributed by atoms with Gasteiger partial charge in [-0.2, -0.15) is 0 Å². The lowest BCUT2D eigenvalue weighted by molar-refractivity contribution is -0.143. The number of unbranched alkanes of at least 4 members (excludes halogenated alkanes) is 1. The Labute approximate surface area is 157 Å². The average Bonchev–Trinajstić information content (AvgIpc) is 3.20. The van der Waals surface area contributed by atoms with Gasteiger partial charge in [0.1, 0.15) is 11.4 Å². The van der Waals surface area contributed by atoms with E-state index in [0.29, 0.717) is 17.8 Å². The lowest BCUT2D eigenvalue weighted by Crippen LogP contribution is -2.54. The van der Waals surface area contributed by atoms with E-state index in [-0.39, 0.29) is 29.7 Å². The number of anilines is 1. The fourth-order valence-electron chi connectivity index (χ4n) is 4.88. The third kappa shape index (κ3) is 2.30. The summed E-state index contributed by atoms with van der Waals surface area (Å²) in [7, 11) is 0. The lowest BCUT2D eigenvalue weighted by atomic mass is 9.76. The molecule has 3 amide bonds. The molecular formula is C20H24FN3O3. The molecule has 7 heteroatoms. The normalized spacial score (nSPS) is 31.8. The molecule has 4 unspecified atom stereocenters. The van der Waals surface area contributed by atoms with Crippen molar-refractivity contribution in [3.63, 3.8) is 0 Å². The van der Waals surface area contributed by atoms with E-state index in [0.717, 1.165) is 12.8 Å². The monoisotopic (exact) mass is 373 g/mol. The molecule has 3 heterocycles. The zero-order valence-corrected chi connectivity index (χ0v) is 15.7. The van der Waals surface area contributed by atoms with Gasteiger partial charge in [-0.15, -0.1) is 0 Å². The highest BCUT2D eigenvalue weighted by Crippen LogP contribution is 2.53. The third-order valence-electron chi connectivity index (χ3n) is 6.16. The number of rotatable bonds is 4. The minimum atomic E-state index is -1.40. The number of carbonyl (C=O) groups is 3. The molecule has 1 aromatic carbocycles. The van der Waals surface area contributed by atoms with Crippen molar-refractivity contribution in [3.8, 4) is 0 Å². The predicted molar refractivity (Wildman–Crippen MR) is 97.1 cm³/mol. The number of halogens is 1. The molecule has 1 aromatic rings. The number of carbonyl (C=O) groups excluding carboxylic acids is 3. The third-order valence-corrected chi connectivity index (χ3v) is 6.16. The van der Waals surface area contributed by atoms with Gasteiger partial charge < -0.3 is 5.32 Å². The summed E-state index contributed by atoms with van der Waals surface area (Å²) in [6.45, 7) is 6.27. The minimum Gasteiger partial charge on any atom is -0.324 e. The van der Waals surface area contributed by atoms with Crippen LogP contribution in [0.3, 0.4) is 0 Å². The molecule has 4 rings (SSSR count). The van der Waals surface area contributed by atoms with Crippen molar-refractivity contribution in [1.82, 2.24) is 10.2 Å². The summed E-state index contributed by atoms with van der Waals surface area (Å²) < 4.78 is 14.0. The second-order valence-electron chi connectivity index (χ2n) is 8.05. The van der Waals surface area contributed by atoms with E-state index in [2.05, 4.69) is 10.6 Å². The van der Waals surface area contributed by atoms with E-state index in [1.165, 1.54) is 23.1 Å². The van der Waals surface area contributed by atoms with Gasteiger partial charge in [0.2, 0.25) is 17.7 Å². The van der Waals surface area contributed by atoms with E-state index in [1.54, 1.807) is 0 Å². The summed E-state index contributed by atoms with van der Waals surface area (Å²) >= 11 is 0. The van der Waals surface area contributed by atoms with Crippen LogP contribution in [-0.2, 0) is 19.9 Å². The molecule has 2 fully saturated rings.